The molecule has 6 nitrogen and oxygen atoms in total. The van der Waals surface area contributed by atoms with Gasteiger partial charge in [-0.15, -0.1) is 0 Å². The van der Waals surface area contributed by atoms with Crippen molar-refractivity contribution in [2.24, 2.45) is 5.92 Å². The van der Waals surface area contributed by atoms with E-state index in [-0.39, 0.29) is 17.7 Å². The molecule has 4 rings (SSSR count). The molecule has 0 saturated carbocycles. The number of para-hydroxylation sites is 1. The summed E-state index contributed by atoms with van der Waals surface area (Å²) in [6.07, 6.45) is 5.13. The van der Waals surface area contributed by atoms with Crippen LogP contribution in [-0.2, 0) is 13.0 Å². The third-order valence-electron chi connectivity index (χ3n) is 5.23. The molecule has 0 fully saturated rings. The van der Waals surface area contributed by atoms with E-state index in [1.165, 1.54) is 0 Å². The highest BCUT2D eigenvalue weighted by Gasteiger charge is 2.34. The number of nitrogens with zero attached hydrogens (tertiary/aromatic N) is 4. The molecule has 1 aliphatic rings. The van der Waals surface area contributed by atoms with E-state index in [2.05, 4.69) is 4.98 Å². The van der Waals surface area contributed by atoms with Crippen molar-refractivity contribution in [3.8, 4) is 0 Å². The van der Waals surface area contributed by atoms with Crippen molar-refractivity contribution >= 4 is 22.7 Å². The zero-order chi connectivity index (χ0) is 18.4. The Kier molecular flexibility index (Phi) is 3.90. The number of fused-ring (bicyclic) bond motifs is 3. The highest BCUT2D eigenvalue weighted by molar-refractivity contribution is 6.13. The van der Waals surface area contributed by atoms with Crippen LogP contribution in [0.5, 0.6) is 0 Å². The van der Waals surface area contributed by atoms with Crippen molar-refractivity contribution < 1.29 is 9.59 Å². The second-order valence-corrected chi connectivity index (χ2v) is 7.08. The highest BCUT2D eigenvalue weighted by Crippen LogP contribution is 2.35. The van der Waals surface area contributed by atoms with E-state index in [9.17, 15) is 9.59 Å². The molecular formula is C20H22N4O2. The molecule has 1 unspecified atom stereocenters. The van der Waals surface area contributed by atoms with E-state index in [0.717, 1.165) is 28.8 Å². The molecule has 0 radical (unpaired) electrons. The number of amides is 1. The third kappa shape index (κ3) is 2.44. The lowest BCUT2D eigenvalue weighted by Gasteiger charge is -2.24. The topological polar surface area (TPSA) is 60.1 Å². The molecule has 3 aromatic rings. The number of rotatable bonds is 2. The van der Waals surface area contributed by atoms with Crippen LogP contribution in [-0.4, -0.2) is 44.9 Å². The molecule has 2 aromatic heterocycles. The number of carbonyl (C=O) groups excluding carboxylic acids is 2. The average Bonchev–Trinajstić information content (AvgIpc) is 3.18. The van der Waals surface area contributed by atoms with Crippen molar-refractivity contribution in [2.75, 3.05) is 14.1 Å². The number of carbonyl (C=O) groups is 2. The Hall–Kier alpha value is -2.89. The predicted molar refractivity (Wildman–Crippen MR) is 99.5 cm³/mol. The molecule has 1 amide bonds. The Balaban J connectivity index is 1.82. The first-order valence-electron chi connectivity index (χ1n) is 8.85. The summed E-state index contributed by atoms with van der Waals surface area (Å²) in [5.74, 6) is 0.943. The molecule has 0 saturated heterocycles. The molecule has 0 N–H and O–H groups in total. The van der Waals surface area contributed by atoms with Crippen molar-refractivity contribution in [1.82, 2.24) is 19.0 Å². The minimum Gasteiger partial charge on any atom is -0.334 e. The number of aryl methyl sites for hydroxylation is 1. The number of aromatic nitrogens is 3. The Bertz CT molecular complexity index is 1010. The molecule has 0 bridgehead atoms. The summed E-state index contributed by atoms with van der Waals surface area (Å²) in [7, 11) is 3.47. The van der Waals surface area contributed by atoms with Crippen LogP contribution in [0, 0.1) is 12.8 Å². The van der Waals surface area contributed by atoms with Crippen molar-refractivity contribution in [2.45, 2.75) is 26.3 Å². The van der Waals surface area contributed by atoms with Crippen LogP contribution in [0.15, 0.2) is 36.7 Å². The molecule has 0 aliphatic heterocycles. The maximum Gasteiger partial charge on any atom is 0.328 e. The standard InChI is InChI=1S/C20H22N4O2/c1-13-21-10-11-23(13)12-14-8-9-17-18(19(14)25)15-6-4-5-7-16(15)24(17)20(26)22(2)3/h4-7,10-11,14H,8-9,12H2,1-3H3. The van der Waals surface area contributed by atoms with Gasteiger partial charge in [0.15, 0.2) is 5.78 Å². The number of imidazole rings is 1. The summed E-state index contributed by atoms with van der Waals surface area (Å²) in [6.45, 7) is 2.57. The molecule has 2 heterocycles. The largest absolute Gasteiger partial charge is 0.334 e. The molecule has 0 spiro atoms. The zero-order valence-corrected chi connectivity index (χ0v) is 15.3. The van der Waals surface area contributed by atoms with Gasteiger partial charge in [0.25, 0.3) is 0 Å². The van der Waals surface area contributed by atoms with Crippen molar-refractivity contribution in [3.05, 3.63) is 53.7 Å². The van der Waals surface area contributed by atoms with Gasteiger partial charge in [-0.1, -0.05) is 18.2 Å². The maximum atomic E-state index is 13.3. The van der Waals surface area contributed by atoms with E-state index in [0.29, 0.717) is 18.5 Å². The van der Waals surface area contributed by atoms with Gasteiger partial charge in [0.2, 0.25) is 0 Å². The number of benzene rings is 1. The normalized spacial score (nSPS) is 16.7. The Morgan fingerprint density at radius 3 is 2.77 bits per heavy atom. The first-order valence-corrected chi connectivity index (χ1v) is 8.85. The quantitative estimate of drug-likeness (QED) is 0.713. The van der Waals surface area contributed by atoms with Gasteiger partial charge >= 0.3 is 6.03 Å². The minimum atomic E-state index is -0.112. The molecule has 1 atom stereocenters. The first kappa shape index (κ1) is 16.6. The maximum absolute atomic E-state index is 13.3. The summed E-state index contributed by atoms with van der Waals surface area (Å²) in [5, 5.41) is 0.870. The van der Waals surface area contributed by atoms with Crippen LogP contribution < -0.4 is 0 Å². The molecule has 1 aliphatic carbocycles. The lowest BCUT2D eigenvalue weighted by Crippen LogP contribution is -2.32. The number of Topliss-reactive ketones (excluding diaryl/α,β-unsaturated/α-hetero) is 1. The summed E-state index contributed by atoms with van der Waals surface area (Å²) in [4.78, 5) is 31.8. The fourth-order valence-electron chi connectivity index (χ4n) is 3.88. The molecule has 26 heavy (non-hydrogen) atoms. The van der Waals surface area contributed by atoms with Crippen LogP contribution in [0.2, 0.25) is 0 Å². The zero-order valence-electron chi connectivity index (χ0n) is 15.3. The minimum absolute atomic E-state index is 0.0934. The summed E-state index contributed by atoms with van der Waals surface area (Å²) in [5.41, 5.74) is 2.36. The van der Waals surface area contributed by atoms with Gasteiger partial charge in [-0.2, -0.15) is 0 Å². The van der Waals surface area contributed by atoms with Gasteiger partial charge in [-0.05, 0) is 25.8 Å². The predicted octanol–water partition coefficient (Wildman–Crippen LogP) is 3.12. The van der Waals surface area contributed by atoms with Crippen molar-refractivity contribution in [1.29, 1.82) is 0 Å². The van der Waals surface area contributed by atoms with Gasteiger partial charge in [0, 0.05) is 55.6 Å². The fourth-order valence-corrected chi connectivity index (χ4v) is 3.88. The van der Waals surface area contributed by atoms with Crippen molar-refractivity contribution in [3.63, 3.8) is 0 Å². The smallest absolute Gasteiger partial charge is 0.328 e. The van der Waals surface area contributed by atoms with Gasteiger partial charge in [0.05, 0.1) is 5.52 Å². The summed E-state index contributed by atoms with van der Waals surface area (Å²) < 4.78 is 3.74. The lowest BCUT2D eigenvalue weighted by molar-refractivity contribution is 0.0888. The van der Waals surface area contributed by atoms with Crippen LogP contribution in [0.4, 0.5) is 4.79 Å². The van der Waals surface area contributed by atoms with E-state index < -0.39 is 0 Å². The van der Waals surface area contributed by atoms with E-state index in [4.69, 9.17) is 0 Å². The van der Waals surface area contributed by atoms with Crippen LogP contribution in [0.25, 0.3) is 10.9 Å². The number of hydrogen-bond donors (Lipinski definition) is 0. The summed E-state index contributed by atoms with van der Waals surface area (Å²) in [6, 6.07) is 7.57. The Labute approximate surface area is 152 Å². The van der Waals surface area contributed by atoms with Crippen LogP contribution in [0.1, 0.15) is 28.3 Å². The van der Waals surface area contributed by atoms with E-state index in [1.54, 1.807) is 29.8 Å². The molecule has 134 valence electrons. The average molecular weight is 350 g/mol. The monoisotopic (exact) mass is 350 g/mol. The molecular weight excluding hydrogens is 328 g/mol. The number of hydrogen-bond acceptors (Lipinski definition) is 3. The van der Waals surface area contributed by atoms with Crippen LogP contribution >= 0.6 is 0 Å². The molecule has 6 heteroatoms. The number of ketones is 1. The van der Waals surface area contributed by atoms with E-state index >= 15 is 0 Å². The second kappa shape index (κ2) is 6.12. The first-order chi connectivity index (χ1) is 12.5. The van der Waals surface area contributed by atoms with E-state index in [1.807, 2.05) is 42.0 Å². The Morgan fingerprint density at radius 2 is 2.08 bits per heavy atom. The third-order valence-corrected chi connectivity index (χ3v) is 5.23. The lowest BCUT2D eigenvalue weighted by atomic mass is 9.85. The van der Waals surface area contributed by atoms with Gasteiger partial charge in [0.1, 0.15) is 5.82 Å². The second-order valence-electron chi connectivity index (χ2n) is 7.08. The van der Waals surface area contributed by atoms with Gasteiger partial charge in [-0.25, -0.2) is 9.78 Å². The SMILES string of the molecule is Cc1nccn1CC1CCc2c(c3ccccc3n2C(=O)N(C)C)C1=O. The summed E-state index contributed by atoms with van der Waals surface area (Å²) >= 11 is 0. The fraction of sp³-hybridized carbons (Fsp3) is 0.350. The van der Waals surface area contributed by atoms with Gasteiger partial charge in [-0.3, -0.25) is 9.36 Å². The van der Waals surface area contributed by atoms with Gasteiger partial charge < -0.3 is 9.47 Å². The Morgan fingerprint density at radius 1 is 1.31 bits per heavy atom. The highest BCUT2D eigenvalue weighted by atomic mass is 16.2. The molecule has 1 aromatic carbocycles. The van der Waals surface area contributed by atoms with Crippen LogP contribution in [0.3, 0.4) is 0 Å².